The molecule has 0 saturated carbocycles. The van der Waals surface area contributed by atoms with Crippen molar-refractivity contribution in [3.05, 3.63) is 0 Å². The number of hydrogen-bond donors (Lipinski definition) is 5. The standard InChI is InChI=1S/C8H12O4S4.C7H16S5/c9-5(1-13)11-7-3-16-8(4-15-7)12-6(10)2-14;8-1-3-11-6-7(5-10)12-4-2-9/h7-8,13-14H,1-4H2;7-10H,1-6H2. The fraction of sp³-hybridized carbons (Fsp3) is 0.867. The Morgan fingerprint density at radius 1 is 0.893 bits per heavy atom. The molecule has 0 aromatic heterocycles. The molecule has 0 bridgehead atoms. The van der Waals surface area contributed by atoms with Crippen molar-refractivity contribution < 1.29 is 19.1 Å². The van der Waals surface area contributed by atoms with Gasteiger partial charge < -0.3 is 9.47 Å². The summed E-state index contributed by atoms with van der Waals surface area (Å²) in [7, 11) is 0. The van der Waals surface area contributed by atoms with E-state index in [-0.39, 0.29) is 34.3 Å². The molecule has 4 nitrogen and oxygen atoms in total. The lowest BCUT2D eigenvalue weighted by molar-refractivity contribution is -0.143. The third-order valence-corrected chi connectivity index (χ3v) is 10.3. The first-order chi connectivity index (χ1) is 13.5. The van der Waals surface area contributed by atoms with Gasteiger partial charge in [-0.05, 0) is 11.5 Å². The van der Waals surface area contributed by atoms with Gasteiger partial charge in [0, 0.05) is 39.8 Å². The number of hydrogen-bond acceptors (Lipinski definition) is 13. The van der Waals surface area contributed by atoms with Crippen LogP contribution in [0.25, 0.3) is 0 Å². The van der Waals surface area contributed by atoms with Gasteiger partial charge in [-0.3, -0.25) is 9.59 Å². The van der Waals surface area contributed by atoms with Gasteiger partial charge in [-0.2, -0.15) is 86.7 Å². The number of thiol groups is 5. The lowest BCUT2D eigenvalue weighted by atomic mass is 10.5. The lowest BCUT2D eigenvalue weighted by Gasteiger charge is -2.26. The molecule has 1 saturated heterocycles. The quantitative estimate of drug-likeness (QED) is 0.141. The predicted octanol–water partition coefficient (Wildman–Crippen LogP) is 3.68. The van der Waals surface area contributed by atoms with Crippen molar-refractivity contribution in [3.8, 4) is 0 Å². The molecule has 0 aromatic rings. The average Bonchev–Trinajstić information content (AvgIpc) is 2.72. The van der Waals surface area contributed by atoms with E-state index in [9.17, 15) is 9.59 Å². The normalized spacial score (nSPS) is 19.9. The molecular weight excluding hydrogens is 533 g/mol. The van der Waals surface area contributed by atoms with Crippen molar-refractivity contribution in [2.75, 3.05) is 57.5 Å². The van der Waals surface area contributed by atoms with Crippen LogP contribution in [0.15, 0.2) is 0 Å². The van der Waals surface area contributed by atoms with Crippen LogP contribution >= 0.6 is 110 Å². The Balaban J connectivity index is 0.000000546. The minimum absolute atomic E-state index is 0.0831. The third kappa shape index (κ3) is 16.7. The first-order valence-corrected chi connectivity index (χ1v) is 15.8. The van der Waals surface area contributed by atoms with Gasteiger partial charge in [-0.25, -0.2) is 0 Å². The Morgan fingerprint density at radius 3 is 1.75 bits per heavy atom. The molecule has 0 spiro atoms. The molecule has 28 heavy (non-hydrogen) atoms. The second kappa shape index (κ2) is 21.0. The predicted molar refractivity (Wildman–Crippen MR) is 148 cm³/mol. The van der Waals surface area contributed by atoms with Crippen LogP contribution in [0.1, 0.15) is 0 Å². The van der Waals surface area contributed by atoms with Crippen molar-refractivity contribution in [3.63, 3.8) is 0 Å². The summed E-state index contributed by atoms with van der Waals surface area (Å²) in [6, 6.07) is 0. The summed E-state index contributed by atoms with van der Waals surface area (Å²) < 4.78 is 10.2. The molecule has 0 aromatic carbocycles. The molecule has 166 valence electrons. The van der Waals surface area contributed by atoms with Crippen LogP contribution in [0.2, 0.25) is 0 Å². The van der Waals surface area contributed by atoms with E-state index in [4.69, 9.17) is 9.47 Å². The highest BCUT2D eigenvalue weighted by atomic mass is 32.2. The van der Waals surface area contributed by atoms with Crippen LogP contribution in [0.3, 0.4) is 0 Å². The minimum Gasteiger partial charge on any atom is -0.450 e. The van der Waals surface area contributed by atoms with Gasteiger partial charge in [0.2, 0.25) is 0 Å². The zero-order valence-corrected chi connectivity index (χ0v) is 23.0. The van der Waals surface area contributed by atoms with Crippen LogP contribution in [-0.2, 0) is 19.1 Å². The molecule has 0 radical (unpaired) electrons. The van der Waals surface area contributed by atoms with Crippen LogP contribution in [-0.4, -0.2) is 85.6 Å². The molecule has 1 aliphatic heterocycles. The zero-order chi connectivity index (χ0) is 21.2. The van der Waals surface area contributed by atoms with E-state index in [0.717, 1.165) is 28.8 Å². The molecule has 1 fully saturated rings. The van der Waals surface area contributed by atoms with Crippen LogP contribution < -0.4 is 0 Å². The van der Waals surface area contributed by atoms with Gasteiger partial charge in [-0.15, -0.1) is 23.5 Å². The highest BCUT2D eigenvalue weighted by Crippen LogP contribution is 2.31. The second-order valence-electron chi connectivity index (χ2n) is 5.02. The van der Waals surface area contributed by atoms with E-state index in [1.165, 1.54) is 29.3 Å². The summed E-state index contributed by atoms with van der Waals surface area (Å²) in [6.07, 6.45) is 0. The van der Waals surface area contributed by atoms with Crippen molar-refractivity contribution in [2.45, 2.75) is 16.1 Å². The molecule has 13 heteroatoms. The minimum atomic E-state index is -0.327. The van der Waals surface area contributed by atoms with E-state index in [0.29, 0.717) is 16.8 Å². The van der Waals surface area contributed by atoms with Crippen molar-refractivity contribution in [1.29, 1.82) is 0 Å². The van der Waals surface area contributed by atoms with E-state index in [1.807, 2.05) is 23.5 Å². The lowest BCUT2D eigenvalue weighted by Crippen LogP contribution is -2.29. The second-order valence-corrected chi connectivity index (χ2v) is 11.9. The Labute approximate surface area is 213 Å². The Bertz CT molecular complexity index is 383. The van der Waals surface area contributed by atoms with E-state index in [2.05, 4.69) is 63.1 Å². The SMILES string of the molecule is O=C(CS)OC1CSC(OC(=O)CS)CS1.SCCSCC(CS)SCCS. The van der Waals surface area contributed by atoms with E-state index in [1.54, 1.807) is 0 Å². The Morgan fingerprint density at radius 2 is 1.39 bits per heavy atom. The maximum Gasteiger partial charge on any atom is 0.316 e. The van der Waals surface area contributed by atoms with Gasteiger partial charge in [0.1, 0.15) is 0 Å². The highest BCUT2D eigenvalue weighted by Gasteiger charge is 2.26. The number of ether oxygens (including phenoxy) is 2. The number of carbonyl (C=O) groups excluding carboxylic acids is 2. The van der Waals surface area contributed by atoms with Gasteiger partial charge in [-0.1, -0.05) is 0 Å². The molecular formula is C15H28O4S9. The molecule has 3 unspecified atom stereocenters. The van der Waals surface area contributed by atoms with Gasteiger partial charge in [0.25, 0.3) is 0 Å². The van der Waals surface area contributed by atoms with Crippen molar-refractivity contribution in [1.82, 2.24) is 0 Å². The number of rotatable bonds is 12. The maximum absolute atomic E-state index is 11.0. The molecule has 0 aliphatic carbocycles. The van der Waals surface area contributed by atoms with E-state index >= 15 is 0 Å². The first-order valence-electron chi connectivity index (χ1n) is 8.36. The van der Waals surface area contributed by atoms with Crippen LogP contribution in [0.4, 0.5) is 0 Å². The summed E-state index contributed by atoms with van der Waals surface area (Å²) >= 11 is 27.2. The smallest absolute Gasteiger partial charge is 0.316 e. The molecule has 0 amide bonds. The maximum atomic E-state index is 11.0. The largest absolute Gasteiger partial charge is 0.450 e. The number of thioether (sulfide) groups is 4. The Hall–Kier alpha value is 2.09. The van der Waals surface area contributed by atoms with Crippen LogP contribution in [0.5, 0.6) is 0 Å². The van der Waals surface area contributed by atoms with Gasteiger partial charge in [0.05, 0.1) is 11.5 Å². The highest BCUT2D eigenvalue weighted by molar-refractivity contribution is 8.07. The first kappa shape index (κ1) is 30.1. The molecule has 3 atom stereocenters. The summed E-state index contributed by atoms with van der Waals surface area (Å²) in [6.45, 7) is 0. The van der Waals surface area contributed by atoms with Crippen molar-refractivity contribution >= 4 is 122 Å². The molecule has 0 N–H and O–H groups in total. The topological polar surface area (TPSA) is 52.6 Å². The van der Waals surface area contributed by atoms with Crippen LogP contribution in [0, 0.1) is 0 Å². The Kier molecular flexibility index (Phi) is 22.5. The van der Waals surface area contributed by atoms with Crippen molar-refractivity contribution in [2.24, 2.45) is 0 Å². The van der Waals surface area contributed by atoms with Gasteiger partial charge >= 0.3 is 11.9 Å². The summed E-state index contributed by atoms with van der Waals surface area (Å²) in [5, 5.41) is 0.686. The fourth-order valence-electron chi connectivity index (χ4n) is 1.62. The summed E-state index contributed by atoms with van der Waals surface area (Å²) in [5.74, 6) is 7.14. The number of esters is 2. The zero-order valence-electron chi connectivity index (χ0n) is 15.3. The molecule has 1 heterocycles. The summed E-state index contributed by atoms with van der Waals surface area (Å²) in [5.41, 5.74) is -0.341. The van der Waals surface area contributed by atoms with E-state index < -0.39 is 0 Å². The fourth-order valence-corrected chi connectivity index (χ4v) is 7.46. The monoisotopic (exact) mass is 560 g/mol. The third-order valence-electron chi connectivity index (χ3n) is 2.81. The summed E-state index contributed by atoms with van der Waals surface area (Å²) in [4.78, 5) is 21.9. The average molecular weight is 561 g/mol. The molecule has 1 aliphatic rings. The number of carbonyl (C=O) groups is 2. The van der Waals surface area contributed by atoms with Gasteiger partial charge in [0.15, 0.2) is 10.9 Å². The molecule has 1 rings (SSSR count).